The van der Waals surface area contributed by atoms with Crippen LogP contribution < -0.4 is 4.74 Å². The first-order valence-electron chi connectivity index (χ1n) is 11.4. The summed E-state index contributed by atoms with van der Waals surface area (Å²) in [5.41, 5.74) is 5.25. The van der Waals surface area contributed by atoms with E-state index >= 15 is 0 Å². The van der Waals surface area contributed by atoms with Gasteiger partial charge in [0.25, 0.3) is 6.01 Å². The number of fused-ring (bicyclic) bond motifs is 1. The number of para-hydroxylation sites is 1. The Morgan fingerprint density at radius 1 is 0.971 bits per heavy atom. The second-order valence-corrected chi connectivity index (χ2v) is 7.94. The lowest BCUT2D eigenvalue weighted by molar-refractivity contribution is 0.0698. The van der Waals surface area contributed by atoms with Crippen LogP contribution in [0.4, 0.5) is 0 Å². The summed E-state index contributed by atoms with van der Waals surface area (Å²) in [5, 5.41) is 22.4. The van der Waals surface area contributed by atoms with Crippen LogP contribution in [-0.2, 0) is 13.1 Å². The Kier molecular flexibility index (Phi) is 5.97. The minimum Gasteiger partial charge on any atom is -0.478 e. The topological polar surface area (TPSA) is 108 Å². The number of benzene rings is 3. The smallest absolute Gasteiger partial charge is 0.337 e. The number of aryl methyl sites for hydroxylation is 1. The van der Waals surface area contributed by atoms with Gasteiger partial charge < -0.3 is 9.84 Å². The average molecular weight is 469 g/mol. The van der Waals surface area contributed by atoms with Gasteiger partial charge in [0.2, 0.25) is 5.82 Å². The molecule has 5 rings (SSSR count). The number of rotatable bonds is 8. The average Bonchev–Trinajstić information content (AvgIpc) is 3.50. The molecule has 0 aliphatic carbocycles. The first-order chi connectivity index (χ1) is 17.1. The molecular formula is C26H24N6O3. The minimum atomic E-state index is -1.000. The third-order valence-electron chi connectivity index (χ3n) is 5.74. The van der Waals surface area contributed by atoms with E-state index in [0.717, 1.165) is 22.3 Å². The summed E-state index contributed by atoms with van der Waals surface area (Å²) in [6.07, 6.45) is 0. The number of aromatic nitrogens is 6. The number of nitrogens with zero attached hydrogens (tertiary/aromatic N) is 6. The van der Waals surface area contributed by atoms with Crippen LogP contribution in [-0.4, -0.2) is 47.4 Å². The molecule has 2 aromatic heterocycles. The summed E-state index contributed by atoms with van der Waals surface area (Å²) in [5.74, 6) is -0.417. The number of hydrogen-bond donors (Lipinski definition) is 1. The molecule has 0 saturated heterocycles. The van der Waals surface area contributed by atoms with E-state index in [4.69, 9.17) is 4.74 Å². The van der Waals surface area contributed by atoms with Gasteiger partial charge >= 0.3 is 5.97 Å². The molecule has 0 atom stereocenters. The highest BCUT2D eigenvalue weighted by atomic mass is 16.5. The molecule has 0 saturated carbocycles. The van der Waals surface area contributed by atoms with Crippen LogP contribution in [0.15, 0.2) is 66.7 Å². The monoisotopic (exact) mass is 468 g/mol. The van der Waals surface area contributed by atoms with Crippen LogP contribution in [0.3, 0.4) is 0 Å². The van der Waals surface area contributed by atoms with Crippen molar-refractivity contribution in [3.8, 4) is 28.5 Å². The number of carboxylic acids is 1. The van der Waals surface area contributed by atoms with Crippen LogP contribution in [0, 0.1) is 0 Å². The summed E-state index contributed by atoms with van der Waals surface area (Å²) in [4.78, 5) is 17.9. The molecule has 0 fully saturated rings. The van der Waals surface area contributed by atoms with Crippen molar-refractivity contribution in [1.82, 2.24) is 29.8 Å². The standard InChI is InChI=1S/C26H24N6O3/c1-3-32-29-24(28-30-32)20-9-6-5-8-19(20)18-14-12-17(13-15-18)16-31-23-21(25(33)34)10-7-11-22(23)27-26(31)35-4-2/h5-15H,3-4,16H2,1-2H3,(H,33,34). The van der Waals surface area contributed by atoms with Crippen molar-refractivity contribution in [3.63, 3.8) is 0 Å². The largest absolute Gasteiger partial charge is 0.478 e. The lowest BCUT2D eigenvalue weighted by Crippen LogP contribution is -2.08. The van der Waals surface area contributed by atoms with Crippen molar-refractivity contribution >= 4 is 17.0 Å². The van der Waals surface area contributed by atoms with E-state index < -0.39 is 5.97 Å². The Balaban J connectivity index is 1.51. The molecule has 176 valence electrons. The summed E-state index contributed by atoms with van der Waals surface area (Å²) < 4.78 is 7.55. The van der Waals surface area contributed by atoms with Crippen LogP contribution >= 0.6 is 0 Å². The Bertz CT molecular complexity index is 1500. The number of ether oxygens (including phenoxy) is 1. The van der Waals surface area contributed by atoms with E-state index in [1.54, 1.807) is 23.0 Å². The lowest BCUT2D eigenvalue weighted by atomic mass is 9.98. The number of carboxylic acid groups (broad SMARTS) is 1. The zero-order valence-corrected chi connectivity index (χ0v) is 19.4. The van der Waals surface area contributed by atoms with E-state index in [0.29, 0.717) is 42.6 Å². The number of carbonyl (C=O) groups is 1. The van der Waals surface area contributed by atoms with Crippen molar-refractivity contribution in [2.45, 2.75) is 26.9 Å². The minimum absolute atomic E-state index is 0.194. The molecular weight excluding hydrogens is 444 g/mol. The van der Waals surface area contributed by atoms with Crippen molar-refractivity contribution in [2.24, 2.45) is 0 Å². The zero-order chi connectivity index (χ0) is 24.4. The first-order valence-corrected chi connectivity index (χ1v) is 11.4. The third kappa shape index (κ3) is 4.23. The number of imidazole rings is 1. The van der Waals surface area contributed by atoms with Crippen LogP contribution in [0.5, 0.6) is 6.01 Å². The quantitative estimate of drug-likeness (QED) is 0.357. The maximum atomic E-state index is 11.9. The lowest BCUT2D eigenvalue weighted by Gasteiger charge is -2.12. The van der Waals surface area contributed by atoms with E-state index in [2.05, 4.69) is 20.4 Å². The fourth-order valence-electron chi connectivity index (χ4n) is 4.11. The highest BCUT2D eigenvalue weighted by molar-refractivity contribution is 6.01. The molecule has 0 amide bonds. The second-order valence-electron chi connectivity index (χ2n) is 7.94. The Labute approximate surface area is 201 Å². The number of tetrazole rings is 1. The number of aromatic carboxylic acids is 1. The van der Waals surface area contributed by atoms with E-state index in [9.17, 15) is 9.90 Å². The summed E-state index contributed by atoms with van der Waals surface area (Å²) in [7, 11) is 0. The van der Waals surface area contributed by atoms with Gasteiger partial charge in [0, 0.05) is 5.56 Å². The molecule has 0 unspecified atom stereocenters. The van der Waals surface area contributed by atoms with Gasteiger partial charge in [-0.05, 0) is 47.9 Å². The van der Waals surface area contributed by atoms with Gasteiger partial charge in [-0.1, -0.05) is 54.6 Å². The van der Waals surface area contributed by atoms with Crippen LogP contribution in [0.25, 0.3) is 33.5 Å². The van der Waals surface area contributed by atoms with Crippen molar-refractivity contribution in [1.29, 1.82) is 0 Å². The molecule has 35 heavy (non-hydrogen) atoms. The molecule has 0 aliphatic heterocycles. The summed E-state index contributed by atoms with van der Waals surface area (Å²) in [6.45, 7) is 5.35. The molecule has 3 aromatic carbocycles. The maximum Gasteiger partial charge on any atom is 0.337 e. The van der Waals surface area contributed by atoms with Crippen LogP contribution in [0.2, 0.25) is 0 Å². The van der Waals surface area contributed by atoms with Crippen molar-refractivity contribution < 1.29 is 14.6 Å². The van der Waals surface area contributed by atoms with Gasteiger partial charge in [-0.15, -0.1) is 10.2 Å². The Morgan fingerprint density at radius 3 is 2.43 bits per heavy atom. The molecule has 0 radical (unpaired) electrons. The summed E-state index contributed by atoms with van der Waals surface area (Å²) >= 11 is 0. The van der Waals surface area contributed by atoms with Crippen molar-refractivity contribution in [3.05, 3.63) is 77.9 Å². The normalized spacial score (nSPS) is 11.1. The SMILES string of the molecule is CCOc1nc2cccc(C(=O)O)c2n1Cc1ccc(-c2ccccc2-c2nnn(CC)n2)cc1. The number of hydrogen-bond acceptors (Lipinski definition) is 6. The fourth-order valence-corrected chi connectivity index (χ4v) is 4.11. The maximum absolute atomic E-state index is 11.9. The fraction of sp³-hybridized carbons (Fsp3) is 0.192. The molecule has 0 bridgehead atoms. The predicted octanol–water partition coefficient (Wildman–Crippen LogP) is 4.52. The Morgan fingerprint density at radius 2 is 1.74 bits per heavy atom. The van der Waals surface area contributed by atoms with E-state index in [1.807, 2.05) is 66.9 Å². The third-order valence-corrected chi connectivity index (χ3v) is 5.74. The molecule has 0 spiro atoms. The highest BCUT2D eigenvalue weighted by Gasteiger charge is 2.19. The molecule has 0 aliphatic rings. The van der Waals surface area contributed by atoms with E-state index in [1.165, 1.54) is 0 Å². The predicted molar refractivity (Wildman–Crippen MR) is 131 cm³/mol. The van der Waals surface area contributed by atoms with Gasteiger partial charge in [0.1, 0.15) is 0 Å². The molecule has 1 N–H and O–H groups in total. The summed E-state index contributed by atoms with van der Waals surface area (Å²) in [6, 6.07) is 21.6. The van der Waals surface area contributed by atoms with Gasteiger partial charge in [-0.2, -0.15) is 9.78 Å². The zero-order valence-electron chi connectivity index (χ0n) is 19.4. The second kappa shape index (κ2) is 9.38. The first kappa shape index (κ1) is 22.3. The van der Waals surface area contributed by atoms with Gasteiger partial charge in [-0.25, -0.2) is 4.79 Å². The van der Waals surface area contributed by atoms with Gasteiger partial charge in [0.15, 0.2) is 0 Å². The van der Waals surface area contributed by atoms with Crippen LogP contribution in [0.1, 0.15) is 29.8 Å². The van der Waals surface area contributed by atoms with E-state index in [-0.39, 0.29) is 5.56 Å². The Hall–Kier alpha value is -4.53. The molecule has 9 heteroatoms. The molecule has 9 nitrogen and oxygen atoms in total. The van der Waals surface area contributed by atoms with Gasteiger partial charge in [-0.3, -0.25) is 4.57 Å². The van der Waals surface area contributed by atoms with Gasteiger partial charge in [0.05, 0.1) is 36.3 Å². The molecule has 5 aromatic rings. The molecule has 2 heterocycles. The van der Waals surface area contributed by atoms with Crippen molar-refractivity contribution in [2.75, 3.05) is 6.61 Å². The highest BCUT2D eigenvalue weighted by Crippen LogP contribution is 2.31.